The van der Waals surface area contributed by atoms with E-state index in [4.69, 9.17) is 13.9 Å². The second-order valence-electron chi connectivity index (χ2n) is 6.42. The van der Waals surface area contributed by atoms with Gasteiger partial charge in [-0.05, 0) is 30.7 Å². The van der Waals surface area contributed by atoms with Gasteiger partial charge in [0.2, 0.25) is 11.2 Å². The van der Waals surface area contributed by atoms with Gasteiger partial charge in [0, 0.05) is 12.0 Å². The van der Waals surface area contributed by atoms with Gasteiger partial charge < -0.3 is 19.6 Å². The summed E-state index contributed by atoms with van der Waals surface area (Å²) in [5, 5.41) is 0.344. The van der Waals surface area contributed by atoms with Crippen molar-refractivity contribution in [2.45, 2.75) is 26.3 Å². The molecular formula is C21H22NO5+. The Balaban J connectivity index is 1.84. The van der Waals surface area contributed by atoms with Crippen molar-refractivity contribution in [3.8, 4) is 17.2 Å². The molecule has 0 saturated carbocycles. The van der Waals surface area contributed by atoms with Crippen LogP contribution in [0.3, 0.4) is 0 Å². The van der Waals surface area contributed by atoms with Gasteiger partial charge in [-0.1, -0.05) is 32.0 Å². The first-order chi connectivity index (χ1) is 13.0. The summed E-state index contributed by atoms with van der Waals surface area (Å²) in [4.78, 5) is 24.8. The first-order valence-corrected chi connectivity index (χ1v) is 8.82. The van der Waals surface area contributed by atoms with E-state index in [1.54, 1.807) is 24.3 Å². The molecule has 140 valence electrons. The number of carbonyl (C=O) groups excluding carboxylic acids is 1. The summed E-state index contributed by atoms with van der Waals surface area (Å²) >= 11 is 0. The average molecular weight is 368 g/mol. The van der Waals surface area contributed by atoms with Gasteiger partial charge >= 0.3 is 5.97 Å². The second-order valence-corrected chi connectivity index (χ2v) is 6.42. The molecule has 0 aliphatic heterocycles. The van der Waals surface area contributed by atoms with E-state index in [-0.39, 0.29) is 17.1 Å². The molecule has 0 radical (unpaired) electrons. The van der Waals surface area contributed by atoms with Crippen molar-refractivity contribution >= 4 is 16.9 Å². The van der Waals surface area contributed by atoms with Crippen molar-refractivity contribution in [3.05, 3.63) is 65.0 Å². The van der Waals surface area contributed by atoms with Crippen LogP contribution in [-0.2, 0) is 4.79 Å². The van der Waals surface area contributed by atoms with Crippen molar-refractivity contribution in [2.75, 3.05) is 0 Å². The van der Waals surface area contributed by atoms with Crippen LogP contribution in [0.1, 0.15) is 20.3 Å². The molecule has 0 aliphatic rings. The number of rotatable bonds is 6. The fourth-order valence-corrected chi connectivity index (χ4v) is 2.55. The Bertz CT molecular complexity index is 996. The molecule has 0 aliphatic carbocycles. The summed E-state index contributed by atoms with van der Waals surface area (Å²) in [6.07, 6.45) is 2.09. The molecule has 3 aromatic rings. The van der Waals surface area contributed by atoms with Gasteiger partial charge in [0.25, 0.3) is 0 Å². The number of quaternary nitrogens is 1. The zero-order valence-corrected chi connectivity index (χ0v) is 15.3. The molecule has 0 fully saturated rings. The standard InChI is InChI=1S/C21H21NO5/c1-3-13(2)19(22)21(24)27-15-9-10-16-17(11-15)25-12-18(20(16)23)26-14-7-5-4-6-8-14/h4-13,19H,3,22H2,1-2H3/p+1/t13-,19-/m1/s1. The first kappa shape index (κ1) is 18.7. The third-order valence-electron chi connectivity index (χ3n) is 4.54. The summed E-state index contributed by atoms with van der Waals surface area (Å²) in [7, 11) is 0. The normalized spacial score (nSPS) is 13.1. The number of para-hydroxylation sites is 1. The molecule has 1 aromatic heterocycles. The second kappa shape index (κ2) is 8.05. The van der Waals surface area contributed by atoms with Crippen LogP contribution in [0.5, 0.6) is 17.2 Å². The molecule has 6 nitrogen and oxygen atoms in total. The molecule has 3 N–H and O–H groups in total. The number of hydrogen-bond acceptors (Lipinski definition) is 5. The maximum atomic E-state index is 12.6. The first-order valence-electron chi connectivity index (χ1n) is 8.82. The lowest BCUT2D eigenvalue weighted by Gasteiger charge is -2.13. The van der Waals surface area contributed by atoms with Gasteiger partial charge in [-0.3, -0.25) is 4.79 Å². The molecule has 0 saturated heterocycles. The quantitative estimate of drug-likeness (QED) is 0.533. The van der Waals surface area contributed by atoms with Crippen LogP contribution in [0.15, 0.2) is 64.0 Å². The van der Waals surface area contributed by atoms with Crippen LogP contribution < -0.4 is 20.6 Å². The highest BCUT2D eigenvalue weighted by Crippen LogP contribution is 2.24. The zero-order valence-electron chi connectivity index (χ0n) is 15.3. The number of fused-ring (bicyclic) bond motifs is 1. The Hall–Kier alpha value is -3.12. The van der Waals surface area contributed by atoms with Crippen molar-refractivity contribution in [1.82, 2.24) is 0 Å². The monoisotopic (exact) mass is 368 g/mol. The summed E-state index contributed by atoms with van der Waals surface area (Å²) in [6.45, 7) is 3.95. The Morgan fingerprint density at radius 2 is 1.89 bits per heavy atom. The SMILES string of the molecule is CC[C@@H](C)[C@@H]([NH3+])C(=O)Oc1ccc2c(=O)c(Oc3ccccc3)coc2c1. The Morgan fingerprint density at radius 1 is 1.15 bits per heavy atom. The smallest absolute Gasteiger partial charge is 0.370 e. The van der Waals surface area contributed by atoms with Crippen LogP contribution in [0.25, 0.3) is 11.0 Å². The van der Waals surface area contributed by atoms with E-state index in [9.17, 15) is 9.59 Å². The highest BCUT2D eigenvalue weighted by Gasteiger charge is 2.25. The number of carbonyl (C=O) groups is 1. The topological polar surface area (TPSA) is 93.4 Å². The number of hydrogen-bond donors (Lipinski definition) is 1. The largest absolute Gasteiger partial charge is 0.460 e. The van der Waals surface area contributed by atoms with Crippen LogP contribution in [0.4, 0.5) is 0 Å². The van der Waals surface area contributed by atoms with Gasteiger partial charge in [0.1, 0.15) is 23.3 Å². The molecule has 2 aromatic carbocycles. The lowest BCUT2D eigenvalue weighted by atomic mass is 10.0. The predicted molar refractivity (Wildman–Crippen MR) is 101 cm³/mol. The Kier molecular flexibility index (Phi) is 5.57. The molecule has 1 heterocycles. The molecule has 6 heteroatoms. The molecule has 2 atom stereocenters. The van der Waals surface area contributed by atoms with E-state index in [1.807, 2.05) is 32.0 Å². The number of benzene rings is 2. The van der Waals surface area contributed by atoms with E-state index in [2.05, 4.69) is 5.73 Å². The van der Waals surface area contributed by atoms with E-state index in [0.717, 1.165) is 6.42 Å². The fraction of sp³-hybridized carbons (Fsp3) is 0.238. The van der Waals surface area contributed by atoms with E-state index < -0.39 is 12.0 Å². The van der Waals surface area contributed by atoms with E-state index in [1.165, 1.54) is 12.3 Å². The minimum atomic E-state index is -0.459. The number of ether oxygens (including phenoxy) is 2. The predicted octanol–water partition coefficient (Wildman–Crippen LogP) is 3.15. The third kappa shape index (κ3) is 4.17. The van der Waals surface area contributed by atoms with Crippen LogP contribution in [-0.4, -0.2) is 12.0 Å². The van der Waals surface area contributed by atoms with Gasteiger partial charge in [0.15, 0.2) is 6.04 Å². The molecule has 0 unspecified atom stereocenters. The van der Waals surface area contributed by atoms with Crippen LogP contribution in [0.2, 0.25) is 0 Å². The molecule has 27 heavy (non-hydrogen) atoms. The van der Waals surface area contributed by atoms with Gasteiger partial charge in [-0.25, -0.2) is 4.79 Å². The van der Waals surface area contributed by atoms with Crippen molar-refractivity contribution in [2.24, 2.45) is 5.92 Å². The van der Waals surface area contributed by atoms with E-state index in [0.29, 0.717) is 22.5 Å². The Labute approximate surface area is 156 Å². The fourth-order valence-electron chi connectivity index (χ4n) is 2.55. The van der Waals surface area contributed by atoms with Crippen molar-refractivity contribution < 1.29 is 24.4 Å². The summed E-state index contributed by atoms with van der Waals surface area (Å²) in [5.41, 5.74) is 3.88. The van der Waals surface area contributed by atoms with Crippen LogP contribution >= 0.6 is 0 Å². The zero-order chi connectivity index (χ0) is 19.4. The van der Waals surface area contributed by atoms with Crippen LogP contribution in [0, 0.1) is 5.92 Å². The van der Waals surface area contributed by atoms with Gasteiger partial charge in [-0.15, -0.1) is 0 Å². The maximum absolute atomic E-state index is 12.6. The van der Waals surface area contributed by atoms with E-state index >= 15 is 0 Å². The summed E-state index contributed by atoms with van der Waals surface area (Å²) in [6, 6.07) is 13.2. The molecule has 0 spiro atoms. The molecule has 0 bridgehead atoms. The molecule has 3 rings (SSSR count). The lowest BCUT2D eigenvalue weighted by Crippen LogP contribution is -2.68. The van der Waals surface area contributed by atoms with Crippen molar-refractivity contribution in [1.29, 1.82) is 0 Å². The average Bonchev–Trinajstić information content (AvgIpc) is 2.69. The van der Waals surface area contributed by atoms with Gasteiger partial charge in [-0.2, -0.15) is 0 Å². The lowest BCUT2D eigenvalue weighted by molar-refractivity contribution is -0.418. The van der Waals surface area contributed by atoms with Gasteiger partial charge in [0.05, 0.1) is 5.39 Å². The Morgan fingerprint density at radius 3 is 2.59 bits per heavy atom. The molecular weight excluding hydrogens is 346 g/mol. The summed E-state index contributed by atoms with van der Waals surface area (Å²) < 4.78 is 16.5. The highest BCUT2D eigenvalue weighted by molar-refractivity contribution is 5.81. The van der Waals surface area contributed by atoms with Crippen molar-refractivity contribution in [3.63, 3.8) is 0 Å². The highest BCUT2D eigenvalue weighted by atomic mass is 16.5. The summed E-state index contributed by atoms with van der Waals surface area (Å²) in [5.74, 6) is 0.655. The third-order valence-corrected chi connectivity index (χ3v) is 4.54. The minimum absolute atomic E-state index is 0.0908. The number of esters is 1. The minimum Gasteiger partial charge on any atom is -0.460 e. The molecule has 0 amide bonds. The maximum Gasteiger partial charge on any atom is 0.370 e.